The van der Waals surface area contributed by atoms with E-state index in [1.54, 1.807) is 0 Å². The number of benzene rings is 2. The maximum atomic E-state index is 12.9. The summed E-state index contributed by atoms with van der Waals surface area (Å²) in [5.74, 6) is 0.433. The summed E-state index contributed by atoms with van der Waals surface area (Å²) in [7, 11) is 0. The maximum Gasteiger partial charge on any atom is 0.319 e. The second-order valence-electron chi connectivity index (χ2n) is 6.72. The predicted molar refractivity (Wildman–Crippen MR) is 98.0 cm³/mol. The molecule has 0 radical (unpaired) electrons. The van der Waals surface area contributed by atoms with Gasteiger partial charge in [-0.15, -0.1) is 0 Å². The van der Waals surface area contributed by atoms with Crippen LogP contribution in [0.25, 0.3) is 10.8 Å². The van der Waals surface area contributed by atoms with Crippen LogP contribution in [-0.2, 0) is 13.1 Å². The van der Waals surface area contributed by atoms with E-state index in [9.17, 15) is 8.78 Å². The molecule has 0 saturated carbocycles. The van der Waals surface area contributed by atoms with E-state index < -0.39 is 6.55 Å². The van der Waals surface area contributed by atoms with Crippen molar-refractivity contribution >= 4 is 10.8 Å². The molecular formula is C20H22F2N4. The van der Waals surface area contributed by atoms with Gasteiger partial charge in [0, 0.05) is 45.1 Å². The largest absolute Gasteiger partial charge is 0.319 e. The molecule has 136 valence electrons. The number of fused-ring (bicyclic) bond motifs is 1. The lowest BCUT2D eigenvalue weighted by atomic mass is 10.0. The lowest BCUT2D eigenvalue weighted by molar-refractivity contribution is 0.0603. The van der Waals surface area contributed by atoms with Gasteiger partial charge in [0.05, 0.1) is 6.54 Å². The first kappa shape index (κ1) is 17.1. The van der Waals surface area contributed by atoms with E-state index >= 15 is 0 Å². The van der Waals surface area contributed by atoms with Crippen molar-refractivity contribution in [3.8, 4) is 0 Å². The van der Waals surface area contributed by atoms with Crippen molar-refractivity contribution in [2.45, 2.75) is 19.6 Å². The van der Waals surface area contributed by atoms with Crippen molar-refractivity contribution < 1.29 is 8.78 Å². The quantitative estimate of drug-likeness (QED) is 0.696. The molecule has 0 bridgehead atoms. The van der Waals surface area contributed by atoms with Gasteiger partial charge in [-0.3, -0.25) is 14.4 Å². The van der Waals surface area contributed by atoms with Crippen LogP contribution in [0.2, 0.25) is 0 Å². The highest BCUT2D eigenvalue weighted by atomic mass is 19.3. The summed E-state index contributed by atoms with van der Waals surface area (Å²) in [5.41, 5.74) is 1.34. The van der Waals surface area contributed by atoms with E-state index in [-0.39, 0.29) is 0 Å². The van der Waals surface area contributed by atoms with Gasteiger partial charge in [0.1, 0.15) is 5.82 Å². The number of imidazole rings is 1. The summed E-state index contributed by atoms with van der Waals surface area (Å²) in [5, 5.41) is 2.57. The minimum Gasteiger partial charge on any atom is -0.297 e. The molecule has 1 fully saturated rings. The Kier molecular flexibility index (Phi) is 4.95. The second-order valence-corrected chi connectivity index (χ2v) is 6.72. The Morgan fingerprint density at radius 2 is 1.58 bits per heavy atom. The molecule has 1 saturated heterocycles. The van der Waals surface area contributed by atoms with E-state index in [2.05, 4.69) is 57.2 Å². The molecular weight excluding hydrogens is 334 g/mol. The van der Waals surface area contributed by atoms with E-state index in [1.165, 1.54) is 28.7 Å². The Morgan fingerprint density at radius 1 is 0.885 bits per heavy atom. The van der Waals surface area contributed by atoms with E-state index in [1.807, 2.05) is 0 Å². The van der Waals surface area contributed by atoms with Crippen LogP contribution in [0.4, 0.5) is 8.78 Å². The van der Waals surface area contributed by atoms with E-state index in [0.717, 1.165) is 37.3 Å². The molecule has 3 aromatic rings. The summed E-state index contributed by atoms with van der Waals surface area (Å²) < 4.78 is 26.8. The molecule has 0 aliphatic carbocycles. The number of alkyl halides is 2. The third-order valence-corrected chi connectivity index (χ3v) is 5.06. The molecule has 0 unspecified atom stereocenters. The highest BCUT2D eigenvalue weighted by Gasteiger charge is 2.20. The molecule has 0 amide bonds. The number of piperazine rings is 1. The molecule has 6 heteroatoms. The summed E-state index contributed by atoms with van der Waals surface area (Å²) in [6, 6.07) is 14.9. The zero-order valence-corrected chi connectivity index (χ0v) is 14.6. The normalized spacial score (nSPS) is 16.6. The van der Waals surface area contributed by atoms with Crippen LogP contribution in [0.5, 0.6) is 0 Å². The smallest absolute Gasteiger partial charge is 0.297 e. The Hall–Kier alpha value is -2.31. The predicted octanol–water partition coefficient (Wildman–Crippen LogP) is 3.75. The summed E-state index contributed by atoms with van der Waals surface area (Å²) in [6.07, 6.45) is 2.79. The van der Waals surface area contributed by atoms with Gasteiger partial charge in [-0.25, -0.2) is 4.98 Å². The summed E-state index contributed by atoms with van der Waals surface area (Å²) in [6.45, 7) is 2.44. The van der Waals surface area contributed by atoms with Crippen LogP contribution >= 0.6 is 0 Å². The average molecular weight is 356 g/mol. The van der Waals surface area contributed by atoms with Crippen LogP contribution in [-0.4, -0.2) is 45.5 Å². The fraction of sp³-hybridized carbons (Fsp3) is 0.350. The zero-order valence-electron chi connectivity index (χ0n) is 14.6. The van der Waals surface area contributed by atoms with Crippen molar-refractivity contribution in [1.82, 2.24) is 19.4 Å². The molecule has 0 atom stereocenters. The van der Waals surface area contributed by atoms with E-state index in [0.29, 0.717) is 12.4 Å². The molecule has 4 nitrogen and oxygen atoms in total. The Morgan fingerprint density at radius 3 is 2.35 bits per heavy atom. The second kappa shape index (κ2) is 7.51. The summed E-state index contributed by atoms with van der Waals surface area (Å²) in [4.78, 5) is 8.70. The summed E-state index contributed by atoms with van der Waals surface area (Å²) >= 11 is 0. The number of hydrogen-bond donors (Lipinski definition) is 0. The fourth-order valence-electron chi connectivity index (χ4n) is 3.62. The highest BCUT2D eigenvalue weighted by molar-refractivity contribution is 5.85. The SMILES string of the molecule is FC(F)n1ccnc1CN1CCN(Cc2cccc3ccccc23)CC1. The molecule has 2 heterocycles. The number of aromatic nitrogens is 2. The third kappa shape index (κ3) is 3.61. The first-order chi connectivity index (χ1) is 12.7. The molecule has 1 aliphatic heterocycles. The van der Waals surface area contributed by atoms with Crippen LogP contribution in [0.3, 0.4) is 0 Å². The first-order valence-electron chi connectivity index (χ1n) is 8.92. The molecule has 26 heavy (non-hydrogen) atoms. The lowest BCUT2D eigenvalue weighted by Gasteiger charge is -2.34. The molecule has 0 N–H and O–H groups in total. The van der Waals surface area contributed by atoms with Crippen molar-refractivity contribution in [3.05, 3.63) is 66.2 Å². The molecule has 1 aromatic heterocycles. The number of halogens is 2. The van der Waals surface area contributed by atoms with Crippen molar-refractivity contribution in [3.63, 3.8) is 0 Å². The topological polar surface area (TPSA) is 24.3 Å². The van der Waals surface area contributed by atoms with Crippen molar-refractivity contribution in [2.24, 2.45) is 0 Å². The average Bonchev–Trinajstić information content (AvgIpc) is 3.12. The number of rotatable bonds is 5. The van der Waals surface area contributed by atoms with Gasteiger partial charge in [0.2, 0.25) is 0 Å². The Balaban J connectivity index is 1.37. The first-order valence-corrected chi connectivity index (χ1v) is 8.92. The van der Waals surface area contributed by atoms with Crippen molar-refractivity contribution in [2.75, 3.05) is 26.2 Å². The maximum absolute atomic E-state index is 12.9. The highest BCUT2D eigenvalue weighted by Crippen LogP contribution is 2.21. The molecule has 1 aliphatic rings. The van der Waals surface area contributed by atoms with Gasteiger partial charge in [0.15, 0.2) is 0 Å². The third-order valence-electron chi connectivity index (χ3n) is 5.06. The van der Waals surface area contributed by atoms with Crippen molar-refractivity contribution in [1.29, 1.82) is 0 Å². The molecule has 0 spiro atoms. The van der Waals surface area contributed by atoms with Crippen LogP contribution in [0.1, 0.15) is 17.9 Å². The van der Waals surface area contributed by atoms with Crippen LogP contribution in [0.15, 0.2) is 54.9 Å². The van der Waals surface area contributed by atoms with E-state index in [4.69, 9.17) is 0 Å². The van der Waals surface area contributed by atoms with Gasteiger partial charge >= 0.3 is 6.55 Å². The standard InChI is InChI=1S/C20H22F2N4/c21-20(22)26-9-8-23-19(26)15-25-12-10-24(11-13-25)14-17-6-3-5-16-4-1-2-7-18(16)17/h1-9,20H,10-15H2. The lowest BCUT2D eigenvalue weighted by Crippen LogP contribution is -2.45. The van der Waals surface area contributed by atoms with Gasteiger partial charge < -0.3 is 0 Å². The van der Waals surface area contributed by atoms with Gasteiger partial charge in [0.25, 0.3) is 0 Å². The molecule has 2 aromatic carbocycles. The van der Waals surface area contributed by atoms with Crippen LogP contribution < -0.4 is 0 Å². The zero-order chi connectivity index (χ0) is 17.9. The monoisotopic (exact) mass is 356 g/mol. The van der Waals surface area contributed by atoms with Gasteiger partial charge in [-0.1, -0.05) is 42.5 Å². The molecule has 4 rings (SSSR count). The Bertz CT molecular complexity index is 864. The van der Waals surface area contributed by atoms with Gasteiger partial charge in [-0.2, -0.15) is 8.78 Å². The minimum absolute atomic E-state index is 0.433. The number of nitrogens with zero attached hydrogens (tertiary/aromatic N) is 4. The fourth-order valence-corrected chi connectivity index (χ4v) is 3.62. The van der Waals surface area contributed by atoms with Crippen LogP contribution in [0, 0.1) is 0 Å². The van der Waals surface area contributed by atoms with Gasteiger partial charge in [-0.05, 0) is 16.3 Å². The minimum atomic E-state index is -2.53. The Labute approximate surface area is 151 Å². The number of hydrogen-bond acceptors (Lipinski definition) is 3.